The normalized spacial score (nSPS) is 11.3. The lowest BCUT2D eigenvalue weighted by Crippen LogP contribution is -2.23. The minimum Gasteiger partial charge on any atom is -0.495 e. The Balaban J connectivity index is 1.74. The number of hydrogen-bond donors (Lipinski definition) is 1. The molecule has 1 heterocycles. The van der Waals surface area contributed by atoms with E-state index >= 15 is 0 Å². The van der Waals surface area contributed by atoms with E-state index in [1.807, 2.05) is 0 Å². The molecule has 0 atom stereocenters. The van der Waals surface area contributed by atoms with Crippen molar-refractivity contribution in [1.29, 1.82) is 0 Å². The van der Waals surface area contributed by atoms with Crippen molar-refractivity contribution in [2.45, 2.75) is 11.4 Å². The van der Waals surface area contributed by atoms with Gasteiger partial charge in [0.15, 0.2) is 11.5 Å². The van der Waals surface area contributed by atoms with Gasteiger partial charge in [0, 0.05) is 5.56 Å². The molecule has 154 valence electrons. The van der Waals surface area contributed by atoms with Gasteiger partial charge in [0.1, 0.15) is 5.75 Å². The predicted molar refractivity (Wildman–Crippen MR) is 105 cm³/mol. The number of ether oxygens (including phenoxy) is 3. The van der Waals surface area contributed by atoms with E-state index in [1.54, 1.807) is 18.2 Å². The number of nitrogens with one attached hydrogen (secondary N) is 1. The molecular formula is C18H18ClN3O6S. The Morgan fingerprint density at radius 2 is 1.69 bits per heavy atom. The zero-order valence-corrected chi connectivity index (χ0v) is 17.4. The highest BCUT2D eigenvalue weighted by Crippen LogP contribution is 2.31. The maximum atomic E-state index is 12.5. The van der Waals surface area contributed by atoms with Crippen LogP contribution in [0.4, 0.5) is 0 Å². The van der Waals surface area contributed by atoms with E-state index in [0.29, 0.717) is 22.8 Å². The van der Waals surface area contributed by atoms with Gasteiger partial charge in [-0.05, 0) is 36.4 Å². The first kappa shape index (κ1) is 20.9. The molecule has 2 aromatic carbocycles. The molecule has 0 aliphatic carbocycles. The third kappa shape index (κ3) is 4.61. The van der Waals surface area contributed by atoms with Crippen LogP contribution in [0.25, 0.3) is 11.4 Å². The Morgan fingerprint density at radius 1 is 1.00 bits per heavy atom. The molecule has 29 heavy (non-hydrogen) atoms. The summed E-state index contributed by atoms with van der Waals surface area (Å²) in [6, 6.07) is 9.29. The maximum absolute atomic E-state index is 12.5. The topological polar surface area (TPSA) is 113 Å². The number of hydrogen-bond acceptors (Lipinski definition) is 8. The molecule has 0 amide bonds. The fourth-order valence-corrected chi connectivity index (χ4v) is 3.80. The summed E-state index contributed by atoms with van der Waals surface area (Å²) in [5.41, 5.74) is 0.627. The van der Waals surface area contributed by atoms with Crippen LogP contribution in [0.1, 0.15) is 5.89 Å². The van der Waals surface area contributed by atoms with Gasteiger partial charge in [-0.25, -0.2) is 13.1 Å². The summed E-state index contributed by atoms with van der Waals surface area (Å²) >= 11 is 5.99. The van der Waals surface area contributed by atoms with Crippen LogP contribution >= 0.6 is 11.6 Å². The minimum absolute atomic E-state index is 0.0112. The van der Waals surface area contributed by atoms with Crippen LogP contribution in [0.2, 0.25) is 5.02 Å². The molecule has 0 saturated heterocycles. The number of nitrogens with zero attached hydrogens (tertiary/aromatic N) is 2. The van der Waals surface area contributed by atoms with E-state index < -0.39 is 10.0 Å². The first-order valence-corrected chi connectivity index (χ1v) is 10.1. The number of aromatic nitrogens is 2. The van der Waals surface area contributed by atoms with Gasteiger partial charge in [-0.2, -0.15) is 4.98 Å². The summed E-state index contributed by atoms with van der Waals surface area (Å²) in [6.45, 7) is -0.188. The fraction of sp³-hybridized carbons (Fsp3) is 0.222. The van der Waals surface area contributed by atoms with Crippen molar-refractivity contribution in [2.75, 3.05) is 21.3 Å². The molecule has 0 fully saturated rings. The van der Waals surface area contributed by atoms with Gasteiger partial charge in [-0.3, -0.25) is 0 Å². The molecule has 1 N–H and O–H groups in total. The molecule has 1 aromatic heterocycles. The van der Waals surface area contributed by atoms with Gasteiger partial charge in [0.2, 0.25) is 21.7 Å². The first-order valence-electron chi connectivity index (χ1n) is 8.26. The van der Waals surface area contributed by atoms with Crippen LogP contribution in [0.5, 0.6) is 17.2 Å². The number of benzene rings is 2. The second-order valence-electron chi connectivity index (χ2n) is 5.70. The summed E-state index contributed by atoms with van der Waals surface area (Å²) in [5.74, 6) is 1.83. The number of halogens is 1. The lowest BCUT2D eigenvalue weighted by atomic mass is 10.2. The van der Waals surface area contributed by atoms with Crippen molar-refractivity contribution in [1.82, 2.24) is 14.9 Å². The van der Waals surface area contributed by atoms with Crippen LogP contribution in [0.3, 0.4) is 0 Å². The zero-order chi connectivity index (χ0) is 21.0. The lowest BCUT2D eigenvalue weighted by molar-refractivity contribution is 0.355. The van der Waals surface area contributed by atoms with Crippen LogP contribution < -0.4 is 18.9 Å². The summed E-state index contributed by atoms with van der Waals surface area (Å²) in [7, 11) is 0.660. The van der Waals surface area contributed by atoms with Crippen molar-refractivity contribution in [3.63, 3.8) is 0 Å². The molecule has 3 rings (SSSR count). The predicted octanol–water partition coefficient (Wildman–Crippen LogP) is 2.89. The third-order valence-corrected chi connectivity index (χ3v) is 5.65. The molecule has 0 saturated carbocycles. The summed E-state index contributed by atoms with van der Waals surface area (Å²) in [5, 5.41) is 4.06. The second-order valence-corrected chi connectivity index (χ2v) is 7.88. The van der Waals surface area contributed by atoms with Crippen molar-refractivity contribution >= 4 is 21.6 Å². The molecule has 3 aromatic rings. The standard InChI is InChI=1S/C18H18ClN3O6S/c1-25-14-7-5-12(9-13(14)19)29(23,24)20-10-17-21-18(22-28-17)11-4-6-15(26-2)16(8-11)27-3/h4-9,20H,10H2,1-3H3. The lowest BCUT2D eigenvalue weighted by Gasteiger charge is -2.08. The average Bonchev–Trinajstić information content (AvgIpc) is 3.21. The highest BCUT2D eigenvalue weighted by atomic mass is 35.5. The van der Waals surface area contributed by atoms with Crippen LogP contribution in [0.15, 0.2) is 45.8 Å². The van der Waals surface area contributed by atoms with Gasteiger partial charge < -0.3 is 18.7 Å². The van der Waals surface area contributed by atoms with Gasteiger partial charge in [-0.15, -0.1) is 0 Å². The van der Waals surface area contributed by atoms with E-state index in [-0.39, 0.29) is 28.2 Å². The smallest absolute Gasteiger partial charge is 0.242 e. The Hall–Kier alpha value is -2.82. The summed E-state index contributed by atoms with van der Waals surface area (Å²) in [4.78, 5) is 4.19. The SMILES string of the molecule is COc1ccc(S(=O)(=O)NCc2nc(-c3ccc(OC)c(OC)c3)no2)cc1Cl. The number of rotatable bonds is 8. The van der Waals surface area contributed by atoms with E-state index in [0.717, 1.165) is 0 Å². The highest BCUT2D eigenvalue weighted by Gasteiger charge is 2.18. The molecule has 11 heteroatoms. The zero-order valence-electron chi connectivity index (χ0n) is 15.8. The molecule has 0 aliphatic rings. The van der Waals surface area contributed by atoms with Crippen LogP contribution in [-0.4, -0.2) is 39.9 Å². The molecule has 0 radical (unpaired) electrons. The molecule has 0 aliphatic heterocycles. The largest absolute Gasteiger partial charge is 0.495 e. The van der Waals surface area contributed by atoms with E-state index in [2.05, 4.69) is 14.9 Å². The van der Waals surface area contributed by atoms with Gasteiger partial charge >= 0.3 is 0 Å². The fourth-order valence-electron chi connectivity index (χ4n) is 2.47. The molecule has 0 spiro atoms. The van der Waals surface area contributed by atoms with E-state index in [4.69, 9.17) is 30.3 Å². The molecular weight excluding hydrogens is 422 g/mol. The van der Waals surface area contributed by atoms with Crippen molar-refractivity contribution in [3.05, 3.63) is 47.3 Å². The summed E-state index contributed by atoms with van der Waals surface area (Å²) in [6.07, 6.45) is 0. The Bertz CT molecular complexity index is 1120. The molecule has 0 bridgehead atoms. The first-order chi connectivity index (χ1) is 13.9. The van der Waals surface area contributed by atoms with E-state index in [9.17, 15) is 8.42 Å². The van der Waals surface area contributed by atoms with Gasteiger partial charge in [0.05, 0.1) is 37.8 Å². The maximum Gasteiger partial charge on any atom is 0.242 e. The minimum atomic E-state index is -3.84. The second kappa shape index (κ2) is 8.68. The van der Waals surface area contributed by atoms with E-state index in [1.165, 1.54) is 39.5 Å². The average molecular weight is 440 g/mol. The third-order valence-electron chi connectivity index (χ3n) is 3.96. The van der Waals surface area contributed by atoms with Crippen molar-refractivity contribution in [3.8, 4) is 28.6 Å². The monoisotopic (exact) mass is 439 g/mol. The van der Waals surface area contributed by atoms with Crippen LogP contribution in [0, 0.1) is 0 Å². The molecule has 0 unspecified atom stereocenters. The Labute approximate surface area is 172 Å². The van der Waals surface area contributed by atoms with Crippen LogP contribution in [-0.2, 0) is 16.6 Å². The quantitative estimate of drug-likeness (QED) is 0.570. The molecule has 9 nitrogen and oxygen atoms in total. The highest BCUT2D eigenvalue weighted by molar-refractivity contribution is 7.89. The van der Waals surface area contributed by atoms with Crippen molar-refractivity contribution < 1.29 is 27.2 Å². The van der Waals surface area contributed by atoms with Gasteiger partial charge in [-0.1, -0.05) is 16.8 Å². The Kier molecular flexibility index (Phi) is 6.26. The number of sulfonamides is 1. The number of methoxy groups -OCH3 is 3. The van der Waals surface area contributed by atoms with Crippen molar-refractivity contribution in [2.24, 2.45) is 0 Å². The Morgan fingerprint density at radius 3 is 2.34 bits per heavy atom. The summed E-state index contributed by atoms with van der Waals surface area (Å²) < 4.78 is 47.9. The van der Waals surface area contributed by atoms with Gasteiger partial charge in [0.25, 0.3) is 0 Å².